The second kappa shape index (κ2) is 7.92. The highest BCUT2D eigenvalue weighted by atomic mass is 16.6. The number of ketones is 1. The topological polar surface area (TPSA) is 125 Å². The molecule has 10 nitrogen and oxygen atoms in total. The Labute approximate surface area is 172 Å². The van der Waals surface area contributed by atoms with Gasteiger partial charge in [0.05, 0.1) is 24.4 Å². The van der Waals surface area contributed by atoms with Crippen molar-refractivity contribution in [2.45, 2.75) is 57.5 Å². The molecule has 5 atom stereocenters. The maximum Gasteiger partial charge on any atom is 0.313 e. The van der Waals surface area contributed by atoms with Crippen LogP contribution in [0.3, 0.4) is 0 Å². The molecule has 2 aromatic rings. The number of nitrogens with one attached hydrogen (secondary N) is 1. The van der Waals surface area contributed by atoms with E-state index >= 15 is 0 Å². The van der Waals surface area contributed by atoms with E-state index in [-0.39, 0.29) is 53.4 Å². The van der Waals surface area contributed by atoms with Gasteiger partial charge in [-0.2, -0.15) is 0 Å². The molecule has 162 valence electrons. The van der Waals surface area contributed by atoms with Gasteiger partial charge in [-0.1, -0.05) is 6.92 Å². The van der Waals surface area contributed by atoms with Crippen LogP contribution in [0.2, 0.25) is 0 Å². The lowest BCUT2D eigenvalue weighted by molar-refractivity contribution is -0.151. The third kappa shape index (κ3) is 3.65. The monoisotopic (exact) mass is 418 g/mol. The maximum absolute atomic E-state index is 12.0. The first-order valence-electron chi connectivity index (χ1n) is 10.1. The molecule has 0 radical (unpaired) electrons. The largest absolute Gasteiger partial charge is 0.463 e. The van der Waals surface area contributed by atoms with E-state index in [0.717, 1.165) is 12.8 Å². The smallest absolute Gasteiger partial charge is 0.313 e. The third-order valence-electron chi connectivity index (χ3n) is 6.32. The lowest BCUT2D eigenvalue weighted by Gasteiger charge is -2.27. The molecule has 1 saturated heterocycles. The van der Waals surface area contributed by atoms with Crippen LogP contribution in [0.25, 0.3) is 11.2 Å². The number of fused-ring (bicyclic) bond motifs is 2. The summed E-state index contributed by atoms with van der Waals surface area (Å²) in [7, 11) is 1.69. The summed E-state index contributed by atoms with van der Waals surface area (Å²) in [6.45, 7) is 3.83. The number of aromatic amines is 1. The summed E-state index contributed by atoms with van der Waals surface area (Å²) in [5.74, 6) is -0.528. The van der Waals surface area contributed by atoms with Crippen LogP contribution < -0.4 is 5.56 Å². The normalized spacial score (nSPS) is 30.5. The molecule has 0 spiro atoms. The Bertz CT molecular complexity index is 1020. The number of carbonyl (C=O) groups is 2. The van der Waals surface area contributed by atoms with Gasteiger partial charge in [0.25, 0.3) is 5.56 Å². The highest BCUT2D eigenvalue weighted by Gasteiger charge is 2.55. The summed E-state index contributed by atoms with van der Waals surface area (Å²) < 4.78 is 19.2. The lowest BCUT2D eigenvalue weighted by Crippen LogP contribution is -2.30. The molecule has 2 aliphatic rings. The number of esters is 1. The van der Waals surface area contributed by atoms with Gasteiger partial charge in [0.1, 0.15) is 25.0 Å². The minimum Gasteiger partial charge on any atom is -0.463 e. The molecular formula is C20H26N4O6. The maximum atomic E-state index is 12.0. The molecular weight excluding hydrogens is 392 g/mol. The Kier molecular flexibility index (Phi) is 5.46. The molecule has 2 unspecified atom stereocenters. The summed E-state index contributed by atoms with van der Waals surface area (Å²) in [5, 5.41) is 0. The standard InChI is InChI=1S/C20H26N4O6/c1-4-11(25)5-15(26)29-8-14-12-6-20(2,28-3)7-13(12)19(30-14)24-10-23-16-17(24)21-9-22-18(16)27/h9-10,12-14,19H,4-8H2,1-3H3,(H,21,22,27)/t12-,13?,14-,19-,20?/m1/s1. The van der Waals surface area contributed by atoms with Crippen LogP contribution >= 0.6 is 0 Å². The number of rotatable bonds is 7. The van der Waals surface area contributed by atoms with Crippen molar-refractivity contribution in [1.29, 1.82) is 0 Å². The molecule has 1 N–H and O–H groups in total. The first kappa shape index (κ1) is 20.7. The van der Waals surface area contributed by atoms with Gasteiger partial charge in [-0.3, -0.25) is 19.0 Å². The van der Waals surface area contributed by atoms with E-state index in [4.69, 9.17) is 14.2 Å². The van der Waals surface area contributed by atoms with Crippen molar-refractivity contribution in [3.63, 3.8) is 0 Å². The summed E-state index contributed by atoms with van der Waals surface area (Å²) in [6.07, 6.45) is 3.72. The number of nitrogens with zero attached hydrogens (tertiary/aromatic N) is 3. The lowest BCUT2D eigenvalue weighted by atomic mass is 9.93. The molecule has 2 fully saturated rings. The number of hydrogen-bond acceptors (Lipinski definition) is 8. The van der Waals surface area contributed by atoms with Crippen molar-refractivity contribution in [1.82, 2.24) is 19.5 Å². The second-order valence-electron chi connectivity index (χ2n) is 8.26. The Hall–Kier alpha value is -2.59. The highest BCUT2D eigenvalue weighted by Crippen LogP contribution is 2.54. The molecule has 30 heavy (non-hydrogen) atoms. The van der Waals surface area contributed by atoms with E-state index in [1.807, 2.05) is 0 Å². The van der Waals surface area contributed by atoms with E-state index in [2.05, 4.69) is 21.9 Å². The van der Waals surface area contributed by atoms with Gasteiger partial charge in [0.15, 0.2) is 11.2 Å². The number of methoxy groups -OCH3 is 1. The molecule has 10 heteroatoms. The van der Waals surface area contributed by atoms with Crippen LogP contribution in [0.15, 0.2) is 17.4 Å². The SMILES string of the molecule is CCC(=O)CC(=O)OC[C@H]1O[C@@H](n2cnc3c(=O)[nH]cnc32)C2CC(C)(OC)C[C@H]21. The van der Waals surface area contributed by atoms with Crippen LogP contribution in [0.4, 0.5) is 0 Å². The third-order valence-corrected chi connectivity index (χ3v) is 6.32. The second-order valence-corrected chi connectivity index (χ2v) is 8.26. The zero-order chi connectivity index (χ0) is 21.5. The number of imidazole rings is 1. The fourth-order valence-corrected chi connectivity index (χ4v) is 4.65. The average molecular weight is 418 g/mol. The Balaban J connectivity index is 1.57. The molecule has 0 bridgehead atoms. The van der Waals surface area contributed by atoms with E-state index in [0.29, 0.717) is 12.1 Å². The summed E-state index contributed by atoms with van der Waals surface area (Å²) >= 11 is 0. The van der Waals surface area contributed by atoms with Crippen molar-refractivity contribution in [3.05, 3.63) is 23.0 Å². The fourth-order valence-electron chi connectivity index (χ4n) is 4.65. The molecule has 1 aliphatic carbocycles. The van der Waals surface area contributed by atoms with Crippen molar-refractivity contribution < 1.29 is 23.8 Å². The van der Waals surface area contributed by atoms with Crippen molar-refractivity contribution in [2.24, 2.45) is 11.8 Å². The summed E-state index contributed by atoms with van der Waals surface area (Å²) in [6, 6.07) is 0. The number of ether oxygens (including phenoxy) is 3. The van der Waals surface area contributed by atoms with E-state index in [9.17, 15) is 14.4 Å². The summed E-state index contributed by atoms with van der Waals surface area (Å²) in [5.41, 5.74) is 0.0596. The predicted octanol–water partition coefficient (Wildman–Crippen LogP) is 1.36. The molecule has 0 amide bonds. The molecule has 2 aromatic heterocycles. The Morgan fingerprint density at radius 2 is 2.10 bits per heavy atom. The van der Waals surface area contributed by atoms with Crippen LogP contribution in [0.1, 0.15) is 45.8 Å². The van der Waals surface area contributed by atoms with Gasteiger partial charge in [0.2, 0.25) is 0 Å². The van der Waals surface area contributed by atoms with Gasteiger partial charge >= 0.3 is 5.97 Å². The minimum atomic E-state index is -0.542. The van der Waals surface area contributed by atoms with E-state index < -0.39 is 12.2 Å². The van der Waals surface area contributed by atoms with Gasteiger partial charge in [-0.25, -0.2) is 9.97 Å². The zero-order valence-corrected chi connectivity index (χ0v) is 17.3. The van der Waals surface area contributed by atoms with Gasteiger partial charge < -0.3 is 19.2 Å². The van der Waals surface area contributed by atoms with E-state index in [1.54, 1.807) is 24.9 Å². The molecule has 0 aromatic carbocycles. The first-order valence-corrected chi connectivity index (χ1v) is 10.1. The van der Waals surface area contributed by atoms with Crippen molar-refractivity contribution >= 4 is 22.9 Å². The van der Waals surface area contributed by atoms with Crippen LogP contribution in [0, 0.1) is 11.8 Å². The van der Waals surface area contributed by atoms with Gasteiger partial charge in [-0.15, -0.1) is 0 Å². The molecule has 3 heterocycles. The van der Waals surface area contributed by atoms with Crippen LogP contribution in [-0.4, -0.2) is 56.7 Å². The van der Waals surface area contributed by atoms with Gasteiger partial charge in [0, 0.05) is 19.4 Å². The fraction of sp³-hybridized carbons (Fsp3) is 0.650. The zero-order valence-electron chi connectivity index (χ0n) is 17.3. The Morgan fingerprint density at radius 1 is 1.33 bits per heavy atom. The number of aromatic nitrogens is 4. The number of H-pyrrole nitrogens is 1. The highest BCUT2D eigenvalue weighted by molar-refractivity contribution is 5.95. The van der Waals surface area contributed by atoms with Gasteiger partial charge in [-0.05, 0) is 25.7 Å². The first-order chi connectivity index (χ1) is 14.3. The number of Topliss-reactive ketones (excluding diaryl/α,β-unsaturated/α-hetero) is 1. The van der Waals surface area contributed by atoms with Crippen LogP contribution in [0.5, 0.6) is 0 Å². The Morgan fingerprint density at radius 3 is 2.83 bits per heavy atom. The number of hydrogen-bond donors (Lipinski definition) is 1. The predicted molar refractivity (Wildman–Crippen MR) is 105 cm³/mol. The number of carbonyl (C=O) groups excluding carboxylic acids is 2. The molecule has 1 aliphatic heterocycles. The van der Waals surface area contributed by atoms with Crippen LogP contribution in [-0.2, 0) is 23.8 Å². The van der Waals surface area contributed by atoms with E-state index in [1.165, 1.54) is 6.33 Å². The molecule has 4 rings (SSSR count). The van der Waals surface area contributed by atoms with Crippen molar-refractivity contribution in [2.75, 3.05) is 13.7 Å². The molecule has 1 saturated carbocycles. The quantitative estimate of drug-likeness (QED) is 0.528. The minimum absolute atomic E-state index is 0.0634. The average Bonchev–Trinajstić information content (AvgIpc) is 3.39. The summed E-state index contributed by atoms with van der Waals surface area (Å²) in [4.78, 5) is 46.5. The van der Waals surface area contributed by atoms with Crippen molar-refractivity contribution in [3.8, 4) is 0 Å².